The van der Waals surface area contributed by atoms with Crippen molar-refractivity contribution in [3.8, 4) is 17.6 Å². The average Bonchev–Trinajstić information content (AvgIpc) is 3.36. The zero-order valence-corrected chi connectivity index (χ0v) is 20.0. The van der Waals surface area contributed by atoms with Crippen molar-refractivity contribution in [1.29, 1.82) is 0 Å². The quantitative estimate of drug-likeness (QED) is 0.374. The number of thiophene rings is 1. The first-order valence-electron chi connectivity index (χ1n) is 11.5. The normalized spacial score (nSPS) is 18.3. The van der Waals surface area contributed by atoms with Gasteiger partial charge in [0.2, 0.25) is 0 Å². The molecular formula is C27H28N2O4S. The number of carbonyl (C=O) groups is 2. The molecule has 0 radical (unpaired) electrons. The van der Waals surface area contributed by atoms with E-state index in [1.807, 2.05) is 35.7 Å². The minimum absolute atomic E-state index is 0.0110. The lowest BCUT2D eigenvalue weighted by Crippen LogP contribution is -2.41. The van der Waals surface area contributed by atoms with Crippen molar-refractivity contribution < 1.29 is 19.4 Å². The predicted molar refractivity (Wildman–Crippen MR) is 133 cm³/mol. The van der Waals surface area contributed by atoms with Crippen molar-refractivity contribution in [3.05, 3.63) is 58.4 Å². The van der Waals surface area contributed by atoms with Gasteiger partial charge in [0.05, 0.1) is 24.0 Å². The number of carboxylic acids is 1. The summed E-state index contributed by atoms with van der Waals surface area (Å²) < 4.78 is 5.31. The molecule has 1 saturated heterocycles. The Bertz CT molecular complexity index is 1210. The van der Waals surface area contributed by atoms with Crippen molar-refractivity contribution in [2.75, 3.05) is 26.7 Å². The summed E-state index contributed by atoms with van der Waals surface area (Å²) >= 11 is 1.62. The fourth-order valence-electron chi connectivity index (χ4n) is 4.67. The van der Waals surface area contributed by atoms with Gasteiger partial charge in [-0.1, -0.05) is 17.9 Å². The maximum Gasteiger partial charge on any atom is 0.303 e. The molecule has 2 aromatic heterocycles. The monoisotopic (exact) mass is 476 g/mol. The Hall–Kier alpha value is -3.21. The second-order valence-electron chi connectivity index (χ2n) is 8.62. The number of likely N-dealkylation sites (tertiary alicyclic amines) is 1. The first kappa shape index (κ1) is 23.9. The average molecular weight is 477 g/mol. The highest BCUT2D eigenvalue weighted by atomic mass is 32.1. The number of nitrogens with zero attached hydrogens (tertiary/aromatic N) is 2. The van der Waals surface area contributed by atoms with Gasteiger partial charge < -0.3 is 9.84 Å². The molecule has 2 atom stereocenters. The molecule has 0 saturated carbocycles. The number of hydrogen-bond acceptors (Lipinski definition) is 6. The topological polar surface area (TPSA) is 79.7 Å². The Morgan fingerprint density at radius 2 is 2.15 bits per heavy atom. The van der Waals surface area contributed by atoms with Crippen LogP contribution in [0.5, 0.6) is 5.75 Å². The number of benzene rings is 1. The van der Waals surface area contributed by atoms with E-state index in [9.17, 15) is 14.7 Å². The van der Waals surface area contributed by atoms with E-state index in [0.29, 0.717) is 37.2 Å². The molecule has 6 nitrogen and oxygen atoms in total. The molecule has 34 heavy (non-hydrogen) atoms. The van der Waals surface area contributed by atoms with Crippen LogP contribution in [0.3, 0.4) is 0 Å². The third-order valence-corrected chi connectivity index (χ3v) is 7.22. The van der Waals surface area contributed by atoms with E-state index in [0.717, 1.165) is 28.7 Å². The van der Waals surface area contributed by atoms with Crippen LogP contribution in [0.1, 0.15) is 40.9 Å². The zero-order valence-electron chi connectivity index (χ0n) is 19.2. The Labute approximate surface area is 203 Å². The van der Waals surface area contributed by atoms with Gasteiger partial charge in [-0.3, -0.25) is 19.5 Å². The number of methoxy groups -OCH3 is 1. The summed E-state index contributed by atoms with van der Waals surface area (Å²) in [5, 5.41) is 12.3. The summed E-state index contributed by atoms with van der Waals surface area (Å²) in [6, 6.07) is 11.3. The number of rotatable bonds is 8. The highest BCUT2D eigenvalue weighted by molar-refractivity contribution is 7.10. The summed E-state index contributed by atoms with van der Waals surface area (Å²) in [5.41, 5.74) is 1.40. The molecular weight excluding hydrogens is 448 g/mol. The zero-order chi connectivity index (χ0) is 23.9. The molecule has 0 unspecified atom stereocenters. The molecule has 0 bridgehead atoms. The smallest absolute Gasteiger partial charge is 0.303 e. The number of carboxylic acid groups (broad SMARTS) is 1. The summed E-state index contributed by atoms with van der Waals surface area (Å²) in [5.74, 6) is 6.54. The number of hydrogen-bond donors (Lipinski definition) is 1. The van der Waals surface area contributed by atoms with Gasteiger partial charge in [-0.2, -0.15) is 0 Å². The van der Waals surface area contributed by atoms with Crippen LogP contribution in [0.25, 0.3) is 10.9 Å². The Balaban J connectivity index is 1.40. The largest absolute Gasteiger partial charge is 0.497 e. The van der Waals surface area contributed by atoms with Crippen LogP contribution in [0.15, 0.2) is 48.0 Å². The third-order valence-electron chi connectivity index (χ3n) is 6.44. The summed E-state index contributed by atoms with van der Waals surface area (Å²) in [7, 11) is 1.60. The SMILES string of the molecule is COc1ccc2nccc(C(=O)CC[C@@H]3CCN(CC#Cc4cccs4)C[C@@H]3CC(=O)O)c2c1. The molecule has 0 spiro atoms. The Morgan fingerprint density at radius 1 is 1.26 bits per heavy atom. The Kier molecular flexibility index (Phi) is 7.94. The van der Waals surface area contributed by atoms with Gasteiger partial charge in [-0.25, -0.2) is 0 Å². The first-order valence-corrected chi connectivity index (χ1v) is 12.3. The molecule has 1 N–H and O–H groups in total. The van der Waals surface area contributed by atoms with E-state index in [2.05, 4.69) is 21.7 Å². The number of ketones is 1. The van der Waals surface area contributed by atoms with Crippen LogP contribution in [-0.2, 0) is 4.79 Å². The molecule has 0 aliphatic carbocycles. The van der Waals surface area contributed by atoms with Gasteiger partial charge in [0.25, 0.3) is 0 Å². The predicted octanol–water partition coefficient (Wildman–Crippen LogP) is 4.73. The van der Waals surface area contributed by atoms with Crippen molar-refractivity contribution in [2.24, 2.45) is 11.8 Å². The van der Waals surface area contributed by atoms with Crippen molar-refractivity contribution >= 4 is 34.0 Å². The van der Waals surface area contributed by atoms with E-state index in [-0.39, 0.29) is 24.0 Å². The maximum atomic E-state index is 13.1. The first-order chi connectivity index (χ1) is 16.5. The summed E-state index contributed by atoms with van der Waals surface area (Å²) in [4.78, 5) is 32.3. The molecule has 3 heterocycles. The molecule has 176 valence electrons. The van der Waals surface area contributed by atoms with Crippen LogP contribution >= 0.6 is 11.3 Å². The summed E-state index contributed by atoms with van der Waals surface area (Å²) in [6.45, 7) is 2.19. The lowest BCUT2D eigenvalue weighted by molar-refractivity contribution is -0.139. The molecule has 1 aliphatic rings. The second kappa shape index (κ2) is 11.3. The van der Waals surface area contributed by atoms with E-state index in [1.54, 1.807) is 30.7 Å². The third kappa shape index (κ3) is 6.02. The number of pyridine rings is 1. The maximum absolute atomic E-state index is 13.1. The van der Waals surface area contributed by atoms with E-state index in [4.69, 9.17) is 4.74 Å². The molecule has 3 aromatic rings. The van der Waals surface area contributed by atoms with Gasteiger partial charge >= 0.3 is 5.97 Å². The number of aromatic nitrogens is 1. The minimum Gasteiger partial charge on any atom is -0.497 e. The highest BCUT2D eigenvalue weighted by Crippen LogP contribution is 2.31. The van der Waals surface area contributed by atoms with Crippen molar-refractivity contribution in [1.82, 2.24) is 9.88 Å². The number of ether oxygens (including phenoxy) is 1. The van der Waals surface area contributed by atoms with Crippen LogP contribution in [0.4, 0.5) is 0 Å². The lowest BCUT2D eigenvalue weighted by Gasteiger charge is -2.37. The fourth-order valence-corrected chi connectivity index (χ4v) is 5.26. The lowest BCUT2D eigenvalue weighted by atomic mass is 9.79. The highest BCUT2D eigenvalue weighted by Gasteiger charge is 2.31. The van der Waals surface area contributed by atoms with Gasteiger partial charge in [0.15, 0.2) is 5.78 Å². The summed E-state index contributed by atoms with van der Waals surface area (Å²) in [6.07, 6.45) is 3.71. The second-order valence-corrected chi connectivity index (χ2v) is 9.57. The van der Waals surface area contributed by atoms with Crippen molar-refractivity contribution in [3.63, 3.8) is 0 Å². The molecule has 1 aromatic carbocycles. The van der Waals surface area contributed by atoms with E-state index >= 15 is 0 Å². The molecule has 1 aliphatic heterocycles. The van der Waals surface area contributed by atoms with Crippen molar-refractivity contribution in [2.45, 2.75) is 25.7 Å². The number of piperidine rings is 1. The molecule has 1 fully saturated rings. The number of Topliss-reactive ketones (excluding diaryl/α,β-unsaturated/α-hetero) is 1. The minimum atomic E-state index is -0.792. The number of aliphatic carboxylic acids is 1. The van der Waals surface area contributed by atoms with Crippen LogP contribution in [0.2, 0.25) is 0 Å². The van der Waals surface area contributed by atoms with Gasteiger partial charge in [0, 0.05) is 36.5 Å². The number of carbonyl (C=O) groups excluding carboxylic acids is 1. The fraction of sp³-hybridized carbons (Fsp3) is 0.370. The van der Waals surface area contributed by atoms with Crippen LogP contribution in [-0.4, -0.2) is 53.5 Å². The molecule has 0 amide bonds. The van der Waals surface area contributed by atoms with Gasteiger partial charge in [-0.05, 0) is 66.9 Å². The van der Waals surface area contributed by atoms with Crippen LogP contribution < -0.4 is 4.74 Å². The van der Waals surface area contributed by atoms with Gasteiger partial charge in [-0.15, -0.1) is 11.3 Å². The van der Waals surface area contributed by atoms with Gasteiger partial charge in [0.1, 0.15) is 5.75 Å². The Morgan fingerprint density at radius 3 is 2.91 bits per heavy atom. The van der Waals surface area contributed by atoms with Crippen LogP contribution in [0, 0.1) is 23.7 Å². The molecule has 4 rings (SSSR count). The molecule has 7 heteroatoms. The van der Waals surface area contributed by atoms with E-state index in [1.165, 1.54) is 0 Å². The number of fused-ring (bicyclic) bond motifs is 1. The van der Waals surface area contributed by atoms with E-state index < -0.39 is 5.97 Å². The standard InChI is InChI=1S/C27H28N2O4S/c1-33-21-7-8-25-24(17-21)23(10-12-28-25)26(30)9-6-19-11-14-29(18-20(19)16-27(31)32)13-2-4-22-5-3-15-34-22/h3,5,7-8,10,12,15,17,19-20H,6,9,11,13-14,16,18H2,1H3,(H,31,32)/t19-,20+/m1/s1.